The van der Waals surface area contributed by atoms with Crippen LogP contribution in [-0.4, -0.2) is 40.0 Å². The fraction of sp³-hybridized carbons (Fsp3) is 0.667. The van der Waals surface area contributed by atoms with Gasteiger partial charge in [0.15, 0.2) is 0 Å². The van der Waals surface area contributed by atoms with Crippen LogP contribution in [-0.2, 0) is 0 Å². The molecule has 3 nitrogen and oxygen atoms in total. The number of halogens is 1. The maximum atomic E-state index is 6.08. The summed E-state index contributed by atoms with van der Waals surface area (Å²) in [4.78, 5) is 11.4. The highest BCUT2D eigenvalue weighted by molar-refractivity contribution is 7.99. The van der Waals surface area contributed by atoms with E-state index in [2.05, 4.69) is 21.9 Å². The summed E-state index contributed by atoms with van der Waals surface area (Å²) in [5.74, 6) is 3.20. The van der Waals surface area contributed by atoms with Gasteiger partial charge in [-0.3, -0.25) is 4.90 Å². The molecular weight excluding hydrogens is 254 g/mol. The van der Waals surface area contributed by atoms with E-state index >= 15 is 0 Å². The second-order valence-electron chi connectivity index (χ2n) is 4.46. The molecule has 2 heterocycles. The summed E-state index contributed by atoms with van der Waals surface area (Å²) in [6.45, 7) is 5.07. The Labute approximate surface area is 112 Å². The first-order valence-corrected chi connectivity index (χ1v) is 7.44. The molecule has 1 aromatic rings. The minimum atomic E-state index is -0.0255. The minimum absolute atomic E-state index is 0.0255. The van der Waals surface area contributed by atoms with Crippen LogP contribution in [0, 0.1) is 6.92 Å². The number of alkyl halides is 1. The molecule has 0 amide bonds. The van der Waals surface area contributed by atoms with Gasteiger partial charge in [-0.05, 0) is 20.9 Å². The zero-order chi connectivity index (χ0) is 12.4. The molecule has 1 aliphatic rings. The molecule has 2 unspecified atom stereocenters. The summed E-state index contributed by atoms with van der Waals surface area (Å²) in [5, 5.41) is -0.0255. The summed E-state index contributed by atoms with van der Waals surface area (Å²) < 4.78 is 0. The van der Waals surface area contributed by atoms with Gasteiger partial charge in [0.25, 0.3) is 0 Å². The van der Waals surface area contributed by atoms with Crippen molar-refractivity contribution in [2.24, 2.45) is 0 Å². The standard InChI is InChI=1S/C12H18ClN3S/c1-8(13)10-6-14-12(15-9(10)2)11-7-17-5-4-16(11)3/h6,8,11H,4-5,7H2,1-3H3. The predicted molar refractivity (Wildman–Crippen MR) is 73.7 cm³/mol. The maximum Gasteiger partial charge on any atom is 0.146 e. The van der Waals surface area contributed by atoms with Crippen LogP contribution in [0.5, 0.6) is 0 Å². The first-order chi connectivity index (χ1) is 8.09. The molecule has 94 valence electrons. The smallest absolute Gasteiger partial charge is 0.146 e. The second kappa shape index (κ2) is 5.55. The van der Waals surface area contributed by atoms with Crippen molar-refractivity contribution >= 4 is 23.4 Å². The molecule has 2 rings (SSSR count). The number of aromatic nitrogens is 2. The third-order valence-corrected chi connectivity index (χ3v) is 4.42. The average Bonchev–Trinajstić information content (AvgIpc) is 2.29. The number of nitrogens with zero attached hydrogens (tertiary/aromatic N) is 3. The van der Waals surface area contributed by atoms with Crippen LogP contribution in [0.1, 0.15) is 35.4 Å². The number of hydrogen-bond donors (Lipinski definition) is 0. The Hall–Kier alpha value is -0.320. The highest BCUT2D eigenvalue weighted by atomic mass is 35.5. The second-order valence-corrected chi connectivity index (χ2v) is 6.26. The maximum absolute atomic E-state index is 6.08. The van der Waals surface area contributed by atoms with E-state index in [9.17, 15) is 0 Å². The number of aryl methyl sites for hydroxylation is 1. The van der Waals surface area contributed by atoms with Gasteiger partial charge in [-0.25, -0.2) is 9.97 Å². The summed E-state index contributed by atoms with van der Waals surface area (Å²) >= 11 is 8.05. The van der Waals surface area contributed by atoms with Crippen molar-refractivity contribution < 1.29 is 0 Å². The Morgan fingerprint density at radius 1 is 1.59 bits per heavy atom. The van der Waals surface area contributed by atoms with Crippen LogP contribution < -0.4 is 0 Å². The molecule has 0 aromatic carbocycles. The molecule has 0 aliphatic carbocycles. The van der Waals surface area contributed by atoms with Crippen molar-refractivity contribution in [3.8, 4) is 0 Å². The summed E-state index contributed by atoms with van der Waals surface area (Å²) in [6, 6.07) is 0.340. The largest absolute Gasteiger partial charge is 0.295 e. The quantitative estimate of drug-likeness (QED) is 0.774. The SMILES string of the molecule is Cc1nc(C2CSCCN2C)ncc1C(C)Cl. The molecular formula is C12H18ClN3S. The van der Waals surface area contributed by atoms with Gasteiger partial charge < -0.3 is 0 Å². The van der Waals surface area contributed by atoms with E-state index in [0.717, 1.165) is 29.4 Å². The molecule has 0 spiro atoms. The zero-order valence-electron chi connectivity index (χ0n) is 10.5. The Morgan fingerprint density at radius 3 is 2.94 bits per heavy atom. The third-order valence-electron chi connectivity index (χ3n) is 3.16. The Kier molecular flexibility index (Phi) is 4.28. The monoisotopic (exact) mass is 271 g/mol. The molecule has 1 aromatic heterocycles. The lowest BCUT2D eigenvalue weighted by Gasteiger charge is -2.31. The third kappa shape index (κ3) is 2.92. The van der Waals surface area contributed by atoms with Gasteiger partial charge in [0.05, 0.1) is 11.4 Å². The first-order valence-electron chi connectivity index (χ1n) is 5.85. The van der Waals surface area contributed by atoms with Gasteiger partial charge in [-0.2, -0.15) is 11.8 Å². The predicted octanol–water partition coefficient (Wildman–Crippen LogP) is 2.80. The van der Waals surface area contributed by atoms with Crippen molar-refractivity contribution in [2.75, 3.05) is 25.1 Å². The van der Waals surface area contributed by atoms with Crippen LogP contribution >= 0.6 is 23.4 Å². The number of rotatable bonds is 2. The van der Waals surface area contributed by atoms with Gasteiger partial charge in [0.2, 0.25) is 0 Å². The number of thioether (sulfide) groups is 1. The first kappa shape index (κ1) is 13.1. The van der Waals surface area contributed by atoms with Gasteiger partial charge in [0.1, 0.15) is 5.82 Å². The number of hydrogen-bond acceptors (Lipinski definition) is 4. The molecule has 2 atom stereocenters. The lowest BCUT2D eigenvalue weighted by atomic mass is 10.1. The molecule has 17 heavy (non-hydrogen) atoms. The normalized spacial score (nSPS) is 23.6. The van der Waals surface area contributed by atoms with Crippen molar-refractivity contribution in [1.82, 2.24) is 14.9 Å². The van der Waals surface area contributed by atoms with Crippen LogP contribution in [0.4, 0.5) is 0 Å². The van der Waals surface area contributed by atoms with Crippen molar-refractivity contribution in [3.05, 3.63) is 23.3 Å². The van der Waals surface area contributed by atoms with Gasteiger partial charge in [-0.15, -0.1) is 11.6 Å². The van der Waals surface area contributed by atoms with E-state index in [4.69, 9.17) is 11.6 Å². The Bertz CT molecular complexity index is 397. The Balaban J connectivity index is 2.24. The molecule has 0 bridgehead atoms. The fourth-order valence-corrected chi connectivity index (χ4v) is 3.43. The molecule has 5 heteroatoms. The highest BCUT2D eigenvalue weighted by Gasteiger charge is 2.24. The molecule has 0 saturated carbocycles. The van der Waals surface area contributed by atoms with E-state index in [-0.39, 0.29) is 5.38 Å². The summed E-state index contributed by atoms with van der Waals surface area (Å²) in [6.07, 6.45) is 1.88. The summed E-state index contributed by atoms with van der Waals surface area (Å²) in [5.41, 5.74) is 2.03. The zero-order valence-corrected chi connectivity index (χ0v) is 12.1. The van der Waals surface area contributed by atoms with Crippen LogP contribution in [0.2, 0.25) is 0 Å². The molecule has 1 fully saturated rings. The fourth-order valence-electron chi connectivity index (χ4n) is 2.00. The molecule has 1 saturated heterocycles. The average molecular weight is 272 g/mol. The van der Waals surface area contributed by atoms with Gasteiger partial charge >= 0.3 is 0 Å². The minimum Gasteiger partial charge on any atom is -0.295 e. The van der Waals surface area contributed by atoms with Gasteiger partial charge in [0, 0.05) is 35.5 Å². The topological polar surface area (TPSA) is 29.0 Å². The Morgan fingerprint density at radius 2 is 2.35 bits per heavy atom. The van der Waals surface area contributed by atoms with E-state index in [1.807, 2.05) is 31.8 Å². The van der Waals surface area contributed by atoms with E-state index in [1.54, 1.807) is 0 Å². The molecule has 1 aliphatic heterocycles. The van der Waals surface area contributed by atoms with E-state index < -0.39 is 0 Å². The van der Waals surface area contributed by atoms with Gasteiger partial charge in [-0.1, -0.05) is 0 Å². The lowest BCUT2D eigenvalue weighted by Crippen LogP contribution is -2.34. The van der Waals surface area contributed by atoms with Crippen LogP contribution in [0.3, 0.4) is 0 Å². The lowest BCUT2D eigenvalue weighted by molar-refractivity contribution is 0.264. The van der Waals surface area contributed by atoms with Crippen molar-refractivity contribution in [3.63, 3.8) is 0 Å². The highest BCUT2D eigenvalue weighted by Crippen LogP contribution is 2.27. The van der Waals surface area contributed by atoms with Crippen LogP contribution in [0.15, 0.2) is 6.20 Å². The summed E-state index contributed by atoms with van der Waals surface area (Å²) in [7, 11) is 2.14. The molecule has 0 radical (unpaired) electrons. The van der Waals surface area contributed by atoms with Crippen LogP contribution in [0.25, 0.3) is 0 Å². The van der Waals surface area contributed by atoms with Crippen molar-refractivity contribution in [2.45, 2.75) is 25.3 Å². The van der Waals surface area contributed by atoms with Crippen molar-refractivity contribution in [1.29, 1.82) is 0 Å². The molecule has 0 N–H and O–H groups in total. The van der Waals surface area contributed by atoms with E-state index in [1.165, 1.54) is 5.75 Å². The van der Waals surface area contributed by atoms with E-state index in [0.29, 0.717) is 6.04 Å².